The van der Waals surface area contributed by atoms with Crippen LogP contribution in [0, 0.1) is 0 Å². The topological polar surface area (TPSA) is 96.0 Å². The first-order valence-electron chi connectivity index (χ1n) is 10.1. The Morgan fingerprint density at radius 1 is 1.13 bits per heavy atom. The summed E-state index contributed by atoms with van der Waals surface area (Å²) >= 11 is 0. The lowest BCUT2D eigenvalue weighted by molar-refractivity contribution is -0.128. The molecule has 0 radical (unpaired) electrons. The molecule has 1 aliphatic heterocycles. The average molecular weight is 446 g/mol. The minimum Gasteiger partial charge on any atom is -0.477 e. The Morgan fingerprint density at radius 3 is 2.52 bits per heavy atom. The molecule has 0 unspecified atom stereocenters. The number of rotatable bonds is 8. The fourth-order valence-electron chi connectivity index (χ4n) is 3.29. The summed E-state index contributed by atoms with van der Waals surface area (Å²) in [5.41, 5.74) is 1.62. The number of nitrogens with one attached hydrogen (secondary N) is 1. The number of para-hydroxylation sites is 2. The molecule has 0 spiro atoms. The van der Waals surface area contributed by atoms with Gasteiger partial charge in [-0.3, -0.25) is 9.59 Å². The largest absolute Gasteiger partial charge is 0.477 e. The fourth-order valence-corrected chi connectivity index (χ4v) is 4.04. The predicted molar refractivity (Wildman–Crippen MR) is 118 cm³/mol. The van der Waals surface area contributed by atoms with Crippen molar-refractivity contribution in [1.82, 2.24) is 9.62 Å². The lowest BCUT2D eigenvalue weighted by atomic mass is 10.1. The second-order valence-electron chi connectivity index (χ2n) is 7.26. The third-order valence-corrected chi connectivity index (χ3v) is 6.93. The molecule has 1 atom stereocenters. The Morgan fingerprint density at radius 2 is 1.81 bits per heavy atom. The van der Waals surface area contributed by atoms with Gasteiger partial charge in [0.05, 0.1) is 24.5 Å². The number of carbonyl (C=O) groups excluding carboxylic acids is 2. The summed E-state index contributed by atoms with van der Waals surface area (Å²) in [5.74, 6) is -0.426. The van der Waals surface area contributed by atoms with Crippen molar-refractivity contribution in [3.63, 3.8) is 0 Å². The molecule has 0 aromatic heterocycles. The molecule has 8 nitrogen and oxygen atoms in total. The molecule has 0 saturated carbocycles. The minimum absolute atomic E-state index is 0.00697. The maximum Gasteiger partial charge on any atom is 0.262 e. The fraction of sp³-hybridized carbons (Fsp3) is 0.364. The molecule has 31 heavy (non-hydrogen) atoms. The maximum atomic E-state index is 12.9. The molecule has 2 aromatic carbocycles. The lowest BCUT2D eigenvalue weighted by Gasteiger charge is -2.34. The molecule has 0 aliphatic carbocycles. The van der Waals surface area contributed by atoms with Crippen LogP contribution in [-0.4, -0.2) is 63.1 Å². The summed E-state index contributed by atoms with van der Waals surface area (Å²) in [6.45, 7) is 1.66. The zero-order chi connectivity index (χ0) is 22.4. The van der Waals surface area contributed by atoms with E-state index in [-0.39, 0.29) is 24.7 Å². The van der Waals surface area contributed by atoms with Gasteiger partial charge in [-0.1, -0.05) is 42.5 Å². The quantitative estimate of drug-likeness (QED) is 0.663. The van der Waals surface area contributed by atoms with Crippen LogP contribution in [0.25, 0.3) is 0 Å². The molecule has 1 N–H and O–H groups in total. The van der Waals surface area contributed by atoms with Gasteiger partial charge >= 0.3 is 0 Å². The number of nitrogens with zero attached hydrogens (tertiary/aromatic N) is 2. The van der Waals surface area contributed by atoms with Gasteiger partial charge < -0.3 is 15.0 Å². The highest BCUT2D eigenvalue weighted by atomic mass is 32.2. The van der Waals surface area contributed by atoms with Gasteiger partial charge in [-0.2, -0.15) is 4.31 Å². The summed E-state index contributed by atoms with van der Waals surface area (Å²) in [7, 11) is -2.13. The molecule has 0 bridgehead atoms. The lowest BCUT2D eigenvalue weighted by Crippen LogP contribution is -2.53. The van der Waals surface area contributed by atoms with Crippen molar-refractivity contribution in [3.8, 4) is 5.75 Å². The van der Waals surface area contributed by atoms with Crippen LogP contribution in [0.2, 0.25) is 0 Å². The van der Waals surface area contributed by atoms with Crippen LogP contribution in [0.15, 0.2) is 54.6 Å². The third-order valence-electron chi connectivity index (χ3n) is 5.12. The summed E-state index contributed by atoms with van der Waals surface area (Å²) < 4.78 is 30.9. The van der Waals surface area contributed by atoms with E-state index in [1.807, 2.05) is 30.3 Å². The van der Waals surface area contributed by atoms with E-state index in [0.717, 1.165) is 9.87 Å². The first kappa shape index (κ1) is 22.8. The van der Waals surface area contributed by atoms with E-state index >= 15 is 0 Å². The van der Waals surface area contributed by atoms with E-state index in [0.29, 0.717) is 24.4 Å². The number of hydrogen-bond donors (Lipinski definition) is 1. The van der Waals surface area contributed by atoms with Gasteiger partial charge in [0, 0.05) is 13.6 Å². The highest BCUT2D eigenvalue weighted by Crippen LogP contribution is 2.33. The molecule has 1 aliphatic rings. The number of carbonyl (C=O) groups is 2. The van der Waals surface area contributed by atoms with Crippen LogP contribution < -0.4 is 15.0 Å². The summed E-state index contributed by atoms with van der Waals surface area (Å²) in [4.78, 5) is 27.1. The zero-order valence-electron chi connectivity index (χ0n) is 17.7. The zero-order valence-corrected chi connectivity index (χ0v) is 18.5. The molecule has 2 aromatic rings. The maximum absolute atomic E-state index is 12.9. The molecule has 166 valence electrons. The van der Waals surface area contributed by atoms with Crippen molar-refractivity contribution in [3.05, 3.63) is 60.2 Å². The number of fused-ring (bicyclic) bond motifs is 1. The van der Waals surface area contributed by atoms with E-state index in [1.54, 1.807) is 24.3 Å². The number of ether oxygens (including phenoxy) is 1. The molecular weight excluding hydrogens is 418 g/mol. The number of amides is 2. The molecule has 3 rings (SSSR count). The van der Waals surface area contributed by atoms with Crippen molar-refractivity contribution in [2.24, 2.45) is 0 Å². The van der Waals surface area contributed by atoms with Crippen LogP contribution >= 0.6 is 0 Å². The van der Waals surface area contributed by atoms with Crippen molar-refractivity contribution in [2.75, 3.05) is 37.3 Å². The molecule has 1 heterocycles. The highest BCUT2D eigenvalue weighted by molar-refractivity contribution is 7.89. The summed E-state index contributed by atoms with van der Waals surface area (Å²) in [5, 5.41) is 2.86. The molecule has 2 amide bonds. The highest BCUT2D eigenvalue weighted by Gasteiger charge is 2.34. The summed E-state index contributed by atoms with van der Waals surface area (Å²) in [6.07, 6.45) is -0.208. The van der Waals surface area contributed by atoms with E-state index in [9.17, 15) is 18.0 Å². The average Bonchev–Trinajstić information content (AvgIpc) is 2.78. The standard InChI is InChI=1S/C22H27N3O5S/c1-3-31(28,29)24(2)16-21(26)25-15-20(30-19-12-8-7-11-18(19)25)22(27)23-14-13-17-9-5-4-6-10-17/h4-12,20H,3,13-16H2,1-2H3,(H,23,27)/t20-/m1/s1. The van der Waals surface area contributed by atoms with Gasteiger partial charge in [0.25, 0.3) is 5.91 Å². The monoisotopic (exact) mass is 445 g/mol. The molecule has 0 fully saturated rings. The van der Waals surface area contributed by atoms with Crippen molar-refractivity contribution >= 4 is 27.5 Å². The van der Waals surface area contributed by atoms with Crippen molar-refractivity contribution in [2.45, 2.75) is 19.4 Å². The number of hydrogen-bond acceptors (Lipinski definition) is 5. The number of sulfonamides is 1. The van der Waals surface area contributed by atoms with E-state index in [1.165, 1.54) is 18.9 Å². The Kier molecular flexibility index (Phi) is 7.29. The molecule has 9 heteroatoms. The van der Waals surface area contributed by atoms with Crippen LogP contribution in [0.1, 0.15) is 12.5 Å². The van der Waals surface area contributed by atoms with Crippen molar-refractivity contribution in [1.29, 1.82) is 0 Å². The van der Waals surface area contributed by atoms with Gasteiger partial charge in [0.2, 0.25) is 15.9 Å². The second kappa shape index (κ2) is 9.93. The van der Waals surface area contributed by atoms with Gasteiger partial charge in [0.15, 0.2) is 6.10 Å². The second-order valence-corrected chi connectivity index (χ2v) is 9.63. The predicted octanol–water partition coefficient (Wildman–Crippen LogP) is 1.42. The minimum atomic E-state index is -3.50. The molecule has 0 saturated heterocycles. The number of benzene rings is 2. The van der Waals surface area contributed by atoms with Gasteiger partial charge in [-0.05, 0) is 31.0 Å². The number of likely N-dealkylation sites (N-methyl/N-ethyl adjacent to an activating group) is 1. The molecular formula is C22H27N3O5S. The third kappa shape index (κ3) is 5.62. The van der Waals surface area contributed by atoms with Crippen LogP contribution in [-0.2, 0) is 26.0 Å². The van der Waals surface area contributed by atoms with Gasteiger partial charge in [0.1, 0.15) is 5.75 Å². The van der Waals surface area contributed by atoms with Gasteiger partial charge in [-0.15, -0.1) is 0 Å². The number of anilines is 1. The Hall–Kier alpha value is -2.91. The van der Waals surface area contributed by atoms with E-state index in [4.69, 9.17) is 4.74 Å². The van der Waals surface area contributed by atoms with E-state index in [2.05, 4.69) is 5.32 Å². The van der Waals surface area contributed by atoms with Crippen LogP contribution in [0.3, 0.4) is 0 Å². The van der Waals surface area contributed by atoms with Crippen LogP contribution in [0.5, 0.6) is 5.75 Å². The Bertz CT molecular complexity index is 1030. The Labute approximate surface area is 182 Å². The normalized spacial score (nSPS) is 15.8. The van der Waals surface area contributed by atoms with Crippen molar-refractivity contribution < 1.29 is 22.7 Å². The van der Waals surface area contributed by atoms with Crippen LogP contribution in [0.4, 0.5) is 5.69 Å². The Balaban J connectivity index is 1.69. The van der Waals surface area contributed by atoms with E-state index < -0.39 is 22.0 Å². The van der Waals surface area contributed by atoms with Gasteiger partial charge in [-0.25, -0.2) is 8.42 Å². The first-order valence-corrected chi connectivity index (χ1v) is 11.7. The first-order chi connectivity index (χ1) is 14.8. The SMILES string of the molecule is CCS(=O)(=O)N(C)CC(=O)N1C[C@H](C(=O)NCCc2ccccc2)Oc2ccccc21. The smallest absolute Gasteiger partial charge is 0.262 e. The summed E-state index contributed by atoms with van der Waals surface area (Å²) in [6, 6.07) is 16.7.